The average Bonchev–Trinajstić information content (AvgIpc) is 3.02. The van der Waals surface area contributed by atoms with Crippen molar-refractivity contribution in [3.8, 4) is 5.88 Å². The molecule has 0 atom stereocenters. The molecule has 0 saturated carbocycles. The smallest absolute Gasteiger partial charge is 0.417 e. The Bertz CT molecular complexity index is 746. The number of guanidine groups is 1. The Hall–Kier alpha value is -1.98. The Morgan fingerprint density at radius 3 is 2.61 bits per heavy atom. The standard InChI is InChI=1S/C18H24F3N5O.HI/c1-4-22-17(26(3)13-15-6-5-10-25(15)2)23-9-11-27-16-8-7-14(12-24-16)18(19,20)21;/h5-8,10,12H,4,9,11,13H2,1-3H3,(H,22,23);1H. The van der Waals surface area contributed by atoms with Crippen LogP contribution in [0.4, 0.5) is 13.2 Å². The van der Waals surface area contributed by atoms with Crippen LogP contribution >= 0.6 is 24.0 Å². The van der Waals surface area contributed by atoms with Crippen LogP contribution in [0.15, 0.2) is 41.7 Å². The second-order valence-electron chi connectivity index (χ2n) is 5.93. The van der Waals surface area contributed by atoms with E-state index in [9.17, 15) is 13.2 Å². The van der Waals surface area contributed by atoms with Crippen LogP contribution in [0.3, 0.4) is 0 Å². The molecular weight excluding hydrogens is 486 g/mol. The SMILES string of the molecule is CCNC(=NCCOc1ccc(C(F)(F)F)cn1)N(C)Cc1cccn1C.I. The predicted octanol–water partition coefficient (Wildman–Crippen LogP) is 3.53. The number of hydrogen-bond donors (Lipinski definition) is 1. The van der Waals surface area contributed by atoms with Gasteiger partial charge < -0.3 is 19.5 Å². The lowest BCUT2D eigenvalue weighted by atomic mass is 10.3. The number of aryl methyl sites for hydroxylation is 1. The summed E-state index contributed by atoms with van der Waals surface area (Å²) >= 11 is 0. The van der Waals surface area contributed by atoms with Crippen LogP contribution in [0.1, 0.15) is 18.2 Å². The Morgan fingerprint density at radius 2 is 2.07 bits per heavy atom. The fourth-order valence-corrected chi connectivity index (χ4v) is 2.38. The second kappa shape index (κ2) is 11.1. The number of hydrogen-bond acceptors (Lipinski definition) is 3. The molecule has 156 valence electrons. The van der Waals surface area contributed by atoms with E-state index < -0.39 is 11.7 Å². The van der Waals surface area contributed by atoms with Crippen molar-refractivity contribution in [2.45, 2.75) is 19.6 Å². The van der Waals surface area contributed by atoms with E-state index in [-0.39, 0.29) is 36.5 Å². The van der Waals surface area contributed by atoms with Gasteiger partial charge in [0.05, 0.1) is 18.7 Å². The summed E-state index contributed by atoms with van der Waals surface area (Å²) in [6, 6.07) is 6.18. The highest BCUT2D eigenvalue weighted by Gasteiger charge is 2.30. The lowest BCUT2D eigenvalue weighted by Gasteiger charge is -2.22. The molecule has 0 saturated heterocycles. The monoisotopic (exact) mass is 511 g/mol. The molecule has 0 spiro atoms. The minimum atomic E-state index is -4.40. The van der Waals surface area contributed by atoms with E-state index >= 15 is 0 Å². The maximum Gasteiger partial charge on any atom is 0.417 e. The Balaban J connectivity index is 0.00000392. The van der Waals surface area contributed by atoms with Crippen molar-refractivity contribution < 1.29 is 17.9 Å². The number of aromatic nitrogens is 2. The highest BCUT2D eigenvalue weighted by atomic mass is 127. The van der Waals surface area contributed by atoms with Gasteiger partial charge in [-0.3, -0.25) is 0 Å². The molecule has 0 radical (unpaired) electrons. The molecule has 0 amide bonds. The summed E-state index contributed by atoms with van der Waals surface area (Å²) in [5, 5.41) is 3.21. The minimum absolute atomic E-state index is 0. The van der Waals surface area contributed by atoms with Crippen molar-refractivity contribution in [1.82, 2.24) is 19.8 Å². The van der Waals surface area contributed by atoms with Crippen LogP contribution in [0.2, 0.25) is 0 Å². The molecule has 0 unspecified atom stereocenters. The molecule has 0 aliphatic carbocycles. The summed E-state index contributed by atoms with van der Waals surface area (Å²) in [6.45, 7) is 3.95. The molecule has 0 fully saturated rings. The molecule has 2 aromatic rings. The zero-order chi connectivity index (χ0) is 19.9. The Morgan fingerprint density at radius 1 is 1.32 bits per heavy atom. The molecule has 2 aromatic heterocycles. The van der Waals surface area contributed by atoms with E-state index in [1.807, 2.05) is 48.8 Å². The van der Waals surface area contributed by atoms with Crippen LogP contribution in [-0.2, 0) is 19.8 Å². The molecule has 0 aliphatic heterocycles. The van der Waals surface area contributed by atoms with E-state index in [1.165, 1.54) is 6.07 Å². The minimum Gasteiger partial charge on any atom is -0.476 e. The van der Waals surface area contributed by atoms with E-state index in [4.69, 9.17) is 4.74 Å². The molecule has 10 heteroatoms. The molecule has 0 bridgehead atoms. The Kier molecular flexibility index (Phi) is 9.56. The highest BCUT2D eigenvalue weighted by molar-refractivity contribution is 14.0. The molecule has 2 heterocycles. The predicted molar refractivity (Wildman–Crippen MR) is 113 cm³/mol. The van der Waals surface area contributed by atoms with Crippen LogP contribution < -0.4 is 10.1 Å². The number of nitrogens with zero attached hydrogens (tertiary/aromatic N) is 4. The van der Waals surface area contributed by atoms with Gasteiger partial charge in [0.1, 0.15) is 6.61 Å². The summed E-state index contributed by atoms with van der Waals surface area (Å²) in [5.41, 5.74) is 0.345. The zero-order valence-electron chi connectivity index (χ0n) is 16.0. The van der Waals surface area contributed by atoms with Gasteiger partial charge in [0, 0.05) is 44.8 Å². The van der Waals surface area contributed by atoms with Gasteiger partial charge in [0.25, 0.3) is 0 Å². The number of nitrogens with one attached hydrogen (secondary N) is 1. The van der Waals surface area contributed by atoms with E-state index in [2.05, 4.69) is 15.3 Å². The molecule has 0 aliphatic rings. The van der Waals surface area contributed by atoms with Crippen molar-refractivity contribution in [2.24, 2.45) is 12.0 Å². The maximum atomic E-state index is 12.5. The summed E-state index contributed by atoms with van der Waals surface area (Å²) in [7, 11) is 3.92. The van der Waals surface area contributed by atoms with E-state index in [0.717, 1.165) is 30.5 Å². The number of alkyl halides is 3. The fourth-order valence-electron chi connectivity index (χ4n) is 2.38. The van der Waals surface area contributed by atoms with Crippen LogP contribution in [0, 0.1) is 0 Å². The summed E-state index contributed by atoms with van der Waals surface area (Å²) < 4.78 is 44.9. The fraction of sp³-hybridized carbons (Fsp3) is 0.444. The average molecular weight is 511 g/mol. The first-order chi connectivity index (χ1) is 12.8. The summed E-state index contributed by atoms with van der Waals surface area (Å²) in [6.07, 6.45) is -1.66. The van der Waals surface area contributed by atoms with Gasteiger partial charge in [-0.15, -0.1) is 24.0 Å². The lowest BCUT2D eigenvalue weighted by Crippen LogP contribution is -2.39. The number of ether oxygens (including phenoxy) is 1. The number of pyridine rings is 1. The first-order valence-electron chi connectivity index (χ1n) is 8.57. The quantitative estimate of drug-likeness (QED) is 0.268. The first-order valence-corrected chi connectivity index (χ1v) is 8.57. The van der Waals surface area contributed by atoms with Gasteiger partial charge in [-0.1, -0.05) is 0 Å². The molecule has 6 nitrogen and oxygen atoms in total. The third-order valence-electron chi connectivity index (χ3n) is 3.81. The molecular formula is C18H25F3IN5O. The van der Waals surface area contributed by atoms with Crippen LogP contribution in [-0.4, -0.2) is 47.2 Å². The topological polar surface area (TPSA) is 54.7 Å². The second-order valence-corrected chi connectivity index (χ2v) is 5.93. The third kappa shape index (κ3) is 7.21. The van der Waals surface area contributed by atoms with Crippen molar-refractivity contribution in [2.75, 3.05) is 26.7 Å². The number of halogens is 4. The van der Waals surface area contributed by atoms with Gasteiger partial charge >= 0.3 is 6.18 Å². The third-order valence-corrected chi connectivity index (χ3v) is 3.81. The lowest BCUT2D eigenvalue weighted by molar-refractivity contribution is -0.137. The number of aliphatic imine (C=N–C) groups is 1. The summed E-state index contributed by atoms with van der Waals surface area (Å²) in [5.74, 6) is 0.864. The van der Waals surface area contributed by atoms with Gasteiger partial charge in [-0.05, 0) is 25.1 Å². The maximum absolute atomic E-state index is 12.5. The van der Waals surface area contributed by atoms with E-state index in [1.54, 1.807) is 0 Å². The molecule has 2 rings (SSSR count). The van der Waals surface area contributed by atoms with Crippen molar-refractivity contribution in [3.05, 3.63) is 47.9 Å². The van der Waals surface area contributed by atoms with E-state index in [0.29, 0.717) is 13.1 Å². The van der Waals surface area contributed by atoms with Crippen molar-refractivity contribution in [1.29, 1.82) is 0 Å². The van der Waals surface area contributed by atoms with Crippen molar-refractivity contribution >= 4 is 29.9 Å². The highest BCUT2D eigenvalue weighted by Crippen LogP contribution is 2.29. The summed E-state index contributed by atoms with van der Waals surface area (Å²) in [4.78, 5) is 10.2. The van der Waals surface area contributed by atoms with Gasteiger partial charge in [-0.25, -0.2) is 9.98 Å². The molecule has 1 N–H and O–H groups in total. The molecule has 28 heavy (non-hydrogen) atoms. The van der Waals surface area contributed by atoms with Crippen LogP contribution in [0.25, 0.3) is 0 Å². The largest absolute Gasteiger partial charge is 0.476 e. The van der Waals surface area contributed by atoms with Crippen molar-refractivity contribution in [3.63, 3.8) is 0 Å². The van der Waals surface area contributed by atoms with Gasteiger partial charge in [0.2, 0.25) is 5.88 Å². The normalized spacial score (nSPS) is 11.7. The first kappa shape index (κ1) is 24.1. The van der Waals surface area contributed by atoms with Crippen LogP contribution in [0.5, 0.6) is 5.88 Å². The zero-order valence-corrected chi connectivity index (χ0v) is 18.4. The Labute approximate surface area is 179 Å². The molecule has 0 aromatic carbocycles. The number of rotatable bonds is 7. The van der Waals surface area contributed by atoms with Gasteiger partial charge in [0.15, 0.2) is 5.96 Å². The van der Waals surface area contributed by atoms with Gasteiger partial charge in [-0.2, -0.15) is 13.2 Å².